The number of hydrogen-bond acceptors (Lipinski definition) is 2. The van der Waals surface area contributed by atoms with Crippen LogP contribution in [-0.4, -0.2) is 31.1 Å². The van der Waals surface area contributed by atoms with Crippen LogP contribution in [-0.2, 0) is 0 Å². The predicted octanol–water partition coefficient (Wildman–Crippen LogP) is 4.34. The van der Waals surface area contributed by atoms with Gasteiger partial charge in [0.05, 0.1) is 6.61 Å². The molecule has 20 heavy (non-hydrogen) atoms. The molecule has 0 N–H and O–H groups in total. The minimum atomic E-state index is 0.850. The number of hydrogen-bond donors (Lipinski definition) is 0. The lowest BCUT2D eigenvalue weighted by Crippen LogP contribution is -2.30. The number of nitrogens with zero attached hydrogens (tertiary/aromatic N) is 1. The largest absolute Gasteiger partial charge is 0.494 e. The average Bonchev–Trinajstić information content (AvgIpc) is 2.43. The summed E-state index contributed by atoms with van der Waals surface area (Å²) in [6.45, 7) is 9.02. The Kier molecular flexibility index (Phi) is 6.38. The average molecular weight is 275 g/mol. The Morgan fingerprint density at radius 2 is 1.60 bits per heavy atom. The van der Waals surface area contributed by atoms with Crippen molar-refractivity contribution in [2.45, 2.75) is 52.4 Å². The van der Waals surface area contributed by atoms with Gasteiger partial charge in [-0.1, -0.05) is 12.5 Å². The molecule has 0 unspecified atom stereocenters. The summed E-state index contributed by atoms with van der Waals surface area (Å²) in [7, 11) is 0. The van der Waals surface area contributed by atoms with Crippen LogP contribution in [0.15, 0.2) is 18.2 Å². The number of ether oxygens (including phenoxy) is 1. The van der Waals surface area contributed by atoms with Crippen LogP contribution in [0.25, 0.3) is 0 Å². The van der Waals surface area contributed by atoms with Gasteiger partial charge in [0.2, 0.25) is 0 Å². The minimum Gasteiger partial charge on any atom is -0.494 e. The van der Waals surface area contributed by atoms with Crippen molar-refractivity contribution in [1.82, 2.24) is 4.90 Å². The summed E-state index contributed by atoms with van der Waals surface area (Å²) < 4.78 is 5.85. The van der Waals surface area contributed by atoms with E-state index < -0.39 is 0 Å². The minimum absolute atomic E-state index is 0.850. The van der Waals surface area contributed by atoms with Crippen LogP contribution in [0.4, 0.5) is 0 Å². The maximum Gasteiger partial charge on any atom is 0.119 e. The van der Waals surface area contributed by atoms with E-state index >= 15 is 0 Å². The van der Waals surface area contributed by atoms with Crippen LogP contribution in [0.5, 0.6) is 5.75 Å². The number of unbranched alkanes of at least 4 members (excludes halogenated alkanes) is 2. The van der Waals surface area contributed by atoms with Crippen molar-refractivity contribution < 1.29 is 4.74 Å². The van der Waals surface area contributed by atoms with Crippen molar-refractivity contribution in [3.8, 4) is 5.75 Å². The molecule has 0 aromatic heterocycles. The maximum absolute atomic E-state index is 5.85. The molecule has 0 aliphatic carbocycles. The van der Waals surface area contributed by atoms with Crippen molar-refractivity contribution in [3.05, 3.63) is 29.3 Å². The number of likely N-dealkylation sites (tertiary alicyclic amines) is 1. The fraction of sp³-hybridized carbons (Fsp3) is 0.667. The van der Waals surface area contributed by atoms with E-state index in [-0.39, 0.29) is 0 Å². The van der Waals surface area contributed by atoms with E-state index in [9.17, 15) is 0 Å². The third-order valence-corrected chi connectivity index (χ3v) is 4.03. The molecule has 1 saturated heterocycles. The van der Waals surface area contributed by atoms with E-state index in [0.29, 0.717) is 0 Å². The fourth-order valence-corrected chi connectivity index (χ4v) is 3.00. The Balaban J connectivity index is 1.54. The van der Waals surface area contributed by atoms with Crippen molar-refractivity contribution in [3.63, 3.8) is 0 Å². The summed E-state index contributed by atoms with van der Waals surface area (Å²) in [5.74, 6) is 1.03. The molecule has 0 radical (unpaired) electrons. The highest BCUT2D eigenvalue weighted by molar-refractivity contribution is 5.32. The highest BCUT2D eigenvalue weighted by atomic mass is 16.5. The van der Waals surface area contributed by atoms with Gasteiger partial charge in [0.25, 0.3) is 0 Å². The lowest BCUT2D eigenvalue weighted by Gasteiger charge is -2.26. The summed E-state index contributed by atoms with van der Waals surface area (Å²) in [6.07, 6.45) is 7.99. The topological polar surface area (TPSA) is 12.5 Å². The maximum atomic E-state index is 5.85. The van der Waals surface area contributed by atoms with Crippen LogP contribution in [0.2, 0.25) is 0 Å². The quantitative estimate of drug-likeness (QED) is 0.686. The molecule has 0 atom stereocenters. The van der Waals surface area contributed by atoms with Gasteiger partial charge in [-0.25, -0.2) is 0 Å². The van der Waals surface area contributed by atoms with E-state index in [4.69, 9.17) is 4.74 Å². The molecule has 0 spiro atoms. The third kappa shape index (κ3) is 5.54. The number of benzene rings is 1. The molecular weight excluding hydrogens is 246 g/mol. The van der Waals surface area contributed by atoms with Crippen molar-refractivity contribution in [1.29, 1.82) is 0 Å². The molecule has 2 heteroatoms. The second kappa shape index (κ2) is 8.31. The Bertz CT molecular complexity index is 376. The molecule has 2 rings (SSSR count). The van der Waals surface area contributed by atoms with Crippen LogP contribution in [0.3, 0.4) is 0 Å². The van der Waals surface area contributed by atoms with E-state index in [2.05, 4.69) is 36.9 Å². The molecule has 0 amide bonds. The van der Waals surface area contributed by atoms with Crippen LogP contribution >= 0.6 is 0 Å². The molecule has 2 nitrogen and oxygen atoms in total. The van der Waals surface area contributed by atoms with Gasteiger partial charge < -0.3 is 9.64 Å². The first kappa shape index (κ1) is 15.4. The summed E-state index contributed by atoms with van der Waals surface area (Å²) in [6, 6.07) is 6.44. The van der Waals surface area contributed by atoms with Crippen LogP contribution in [0, 0.1) is 13.8 Å². The molecule has 1 aliphatic rings. The predicted molar refractivity (Wildman–Crippen MR) is 85.6 cm³/mol. The molecular formula is C18H29NO. The first-order chi connectivity index (χ1) is 9.74. The lowest BCUT2D eigenvalue weighted by molar-refractivity contribution is 0.221. The zero-order valence-corrected chi connectivity index (χ0v) is 13.2. The zero-order chi connectivity index (χ0) is 14.2. The van der Waals surface area contributed by atoms with E-state index in [0.717, 1.165) is 12.4 Å². The van der Waals surface area contributed by atoms with Gasteiger partial charge in [-0.05, 0) is 88.8 Å². The molecule has 112 valence electrons. The van der Waals surface area contributed by atoms with Gasteiger partial charge >= 0.3 is 0 Å². The Labute approximate surface area is 124 Å². The van der Waals surface area contributed by atoms with Gasteiger partial charge in [-0.15, -0.1) is 0 Å². The molecule has 1 aliphatic heterocycles. The summed E-state index contributed by atoms with van der Waals surface area (Å²) in [5, 5.41) is 0. The first-order valence-electron chi connectivity index (χ1n) is 8.17. The Morgan fingerprint density at radius 1 is 0.900 bits per heavy atom. The van der Waals surface area contributed by atoms with E-state index in [1.165, 1.54) is 69.3 Å². The standard InChI is InChI=1S/C18H29NO/c1-16-13-17(2)15-18(14-16)20-12-8-4-7-11-19-9-5-3-6-10-19/h13-15H,3-12H2,1-2H3. The monoisotopic (exact) mass is 275 g/mol. The van der Waals surface area contributed by atoms with Gasteiger partial charge in [-0.2, -0.15) is 0 Å². The van der Waals surface area contributed by atoms with Crippen LogP contribution in [0.1, 0.15) is 49.7 Å². The van der Waals surface area contributed by atoms with Crippen LogP contribution < -0.4 is 4.74 Å². The summed E-state index contributed by atoms with van der Waals surface area (Å²) in [5.41, 5.74) is 2.56. The van der Waals surface area contributed by atoms with Crippen molar-refractivity contribution in [2.75, 3.05) is 26.2 Å². The smallest absolute Gasteiger partial charge is 0.119 e. The first-order valence-corrected chi connectivity index (χ1v) is 8.17. The summed E-state index contributed by atoms with van der Waals surface area (Å²) >= 11 is 0. The highest BCUT2D eigenvalue weighted by Crippen LogP contribution is 2.16. The molecule has 1 fully saturated rings. The Morgan fingerprint density at radius 3 is 2.30 bits per heavy atom. The third-order valence-electron chi connectivity index (χ3n) is 4.03. The van der Waals surface area contributed by atoms with E-state index in [1.54, 1.807) is 0 Å². The molecule has 0 bridgehead atoms. The van der Waals surface area contributed by atoms with E-state index in [1.807, 2.05) is 0 Å². The molecule has 1 aromatic carbocycles. The lowest BCUT2D eigenvalue weighted by atomic mass is 10.1. The van der Waals surface area contributed by atoms with Crippen molar-refractivity contribution in [2.24, 2.45) is 0 Å². The van der Waals surface area contributed by atoms with Gasteiger partial charge in [0.15, 0.2) is 0 Å². The fourth-order valence-electron chi connectivity index (χ4n) is 3.00. The van der Waals surface area contributed by atoms with Crippen molar-refractivity contribution >= 4 is 0 Å². The van der Waals surface area contributed by atoms with Gasteiger partial charge in [-0.3, -0.25) is 0 Å². The highest BCUT2D eigenvalue weighted by Gasteiger charge is 2.08. The summed E-state index contributed by atoms with van der Waals surface area (Å²) in [4.78, 5) is 2.62. The number of aryl methyl sites for hydroxylation is 2. The number of rotatable bonds is 7. The normalized spacial score (nSPS) is 16.3. The zero-order valence-electron chi connectivity index (χ0n) is 13.2. The molecule has 1 heterocycles. The second-order valence-corrected chi connectivity index (χ2v) is 6.13. The Hall–Kier alpha value is -1.02. The second-order valence-electron chi connectivity index (χ2n) is 6.13. The molecule has 1 aromatic rings. The SMILES string of the molecule is Cc1cc(C)cc(OCCCCCN2CCCCC2)c1. The van der Waals surface area contributed by atoms with Gasteiger partial charge in [0.1, 0.15) is 5.75 Å². The number of piperidine rings is 1. The van der Waals surface area contributed by atoms with Gasteiger partial charge in [0, 0.05) is 0 Å². The molecule has 0 saturated carbocycles.